The van der Waals surface area contributed by atoms with Gasteiger partial charge in [0.05, 0.1) is 15.7 Å². The molecule has 0 amide bonds. The molecule has 1 aromatic rings. The van der Waals surface area contributed by atoms with Gasteiger partial charge in [-0.1, -0.05) is 11.6 Å². The lowest BCUT2D eigenvalue weighted by molar-refractivity contribution is -0.384. The largest absolute Gasteiger partial charge is 0.364 e. The molecule has 0 bridgehead atoms. The Balaban J connectivity index is 1.93. The van der Waals surface area contributed by atoms with Crippen molar-refractivity contribution in [3.05, 3.63) is 27.4 Å². The van der Waals surface area contributed by atoms with Gasteiger partial charge in [0.25, 0.3) is 0 Å². The Bertz CT molecular complexity index is 646. The van der Waals surface area contributed by atoms with E-state index in [0.29, 0.717) is 19.6 Å². The Kier molecular flexibility index (Phi) is 4.64. The number of hydrogen-bond donors (Lipinski definition) is 1. The third-order valence-electron chi connectivity index (χ3n) is 3.27. The number of sulfonamides is 1. The molecule has 2 heterocycles. The number of aromatic nitrogens is 1. The van der Waals surface area contributed by atoms with Crippen molar-refractivity contribution in [2.75, 3.05) is 30.7 Å². The van der Waals surface area contributed by atoms with Gasteiger partial charge in [-0.05, 0) is 6.92 Å². The first-order valence-electron chi connectivity index (χ1n) is 6.35. The van der Waals surface area contributed by atoms with Crippen LogP contribution in [-0.2, 0) is 10.0 Å². The van der Waals surface area contributed by atoms with E-state index in [9.17, 15) is 18.5 Å². The normalized spacial score (nSPS) is 16.5. The van der Waals surface area contributed by atoms with Crippen LogP contribution in [0.25, 0.3) is 0 Å². The summed E-state index contributed by atoms with van der Waals surface area (Å²) in [5, 5.41) is 14.0. The summed E-state index contributed by atoms with van der Waals surface area (Å²) in [6, 6.07) is 1.23. The number of nitrogens with zero attached hydrogens (tertiary/aromatic N) is 3. The van der Waals surface area contributed by atoms with E-state index >= 15 is 0 Å². The first kappa shape index (κ1) is 15.9. The zero-order chi connectivity index (χ0) is 15.6. The predicted octanol–water partition coefficient (Wildman–Crippen LogP) is 1.34. The van der Waals surface area contributed by atoms with Crippen molar-refractivity contribution < 1.29 is 13.3 Å². The third-order valence-corrected chi connectivity index (χ3v) is 5.29. The lowest BCUT2D eigenvalue weighted by Gasteiger charge is -2.37. The zero-order valence-electron chi connectivity index (χ0n) is 11.3. The highest BCUT2D eigenvalue weighted by Gasteiger charge is 2.34. The highest BCUT2D eigenvalue weighted by atomic mass is 35.5. The molecular weight excluding hydrogens is 320 g/mol. The van der Waals surface area contributed by atoms with Gasteiger partial charge in [0.15, 0.2) is 0 Å². The number of nitro groups is 1. The first-order chi connectivity index (χ1) is 9.83. The first-order valence-corrected chi connectivity index (χ1v) is 8.34. The molecule has 1 aliphatic heterocycles. The maximum absolute atomic E-state index is 11.6. The monoisotopic (exact) mass is 334 g/mol. The van der Waals surface area contributed by atoms with Crippen molar-refractivity contribution in [2.45, 2.75) is 6.92 Å². The molecular formula is C11H15ClN4O4S. The van der Waals surface area contributed by atoms with Gasteiger partial charge in [-0.2, -0.15) is 0 Å². The molecule has 2 rings (SSSR count). The molecule has 21 heavy (non-hydrogen) atoms. The van der Waals surface area contributed by atoms with Crippen LogP contribution in [0.5, 0.6) is 0 Å². The van der Waals surface area contributed by atoms with E-state index < -0.39 is 14.9 Å². The Labute approximate surface area is 127 Å². The highest BCUT2D eigenvalue weighted by molar-refractivity contribution is 7.89. The molecule has 1 aromatic heterocycles. The quantitative estimate of drug-likeness (QED) is 0.621. The van der Waals surface area contributed by atoms with Crippen LogP contribution in [0.3, 0.4) is 0 Å². The second-order valence-corrected chi connectivity index (χ2v) is 7.44. The number of anilines is 1. The lowest BCUT2D eigenvalue weighted by atomic mass is 10.0. The van der Waals surface area contributed by atoms with Crippen LogP contribution in [0.2, 0.25) is 5.02 Å². The Morgan fingerprint density at radius 2 is 2.24 bits per heavy atom. The second kappa shape index (κ2) is 6.12. The second-order valence-electron chi connectivity index (χ2n) is 4.74. The summed E-state index contributed by atoms with van der Waals surface area (Å²) in [5.41, 5.74) is -0.195. The van der Waals surface area contributed by atoms with Crippen LogP contribution in [0.1, 0.15) is 6.92 Å². The maximum atomic E-state index is 11.6. The van der Waals surface area contributed by atoms with Crippen molar-refractivity contribution in [1.82, 2.24) is 9.29 Å². The lowest BCUT2D eigenvalue weighted by Crippen LogP contribution is -2.52. The van der Waals surface area contributed by atoms with E-state index in [1.807, 2.05) is 0 Å². The Morgan fingerprint density at radius 3 is 2.81 bits per heavy atom. The molecule has 1 aliphatic rings. The molecule has 116 valence electrons. The number of hydrogen-bond acceptors (Lipinski definition) is 6. The van der Waals surface area contributed by atoms with Crippen LogP contribution in [0.15, 0.2) is 12.3 Å². The summed E-state index contributed by atoms with van der Waals surface area (Å²) >= 11 is 5.68. The minimum Gasteiger partial charge on any atom is -0.364 e. The highest BCUT2D eigenvalue weighted by Crippen LogP contribution is 2.26. The number of rotatable bonds is 6. The van der Waals surface area contributed by atoms with Crippen LogP contribution in [0, 0.1) is 16.0 Å². The van der Waals surface area contributed by atoms with E-state index in [1.54, 1.807) is 6.92 Å². The van der Waals surface area contributed by atoms with Crippen LogP contribution in [0.4, 0.5) is 11.5 Å². The van der Waals surface area contributed by atoms with Crippen molar-refractivity contribution >= 4 is 33.1 Å². The van der Waals surface area contributed by atoms with Gasteiger partial charge in [0.1, 0.15) is 0 Å². The average molecular weight is 335 g/mol. The number of nitrogens with one attached hydrogen (secondary N) is 1. The van der Waals surface area contributed by atoms with E-state index in [4.69, 9.17) is 11.6 Å². The molecule has 0 saturated carbocycles. The molecule has 0 radical (unpaired) electrons. The van der Waals surface area contributed by atoms with Gasteiger partial charge in [-0.15, -0.1) is 0 Å². The minimum atomic E-state index is -3.14. The fourth-order valence-corrected chi connectivity index (χ4v) is 3.40. The van der Waals surface area contributed by atoms with Gasteiger partial charge in [0, 0.05) is 37.8 Å². The summed E-state index contributed by atoms with van der Waals surface area (Å²) in [4.78, 5) is 14.2. The number of pyridine rings is 1. The predicted molar refractivity (Wildman–Crippen MR) is 78.9 cm³/mol. The van der Waals surface area contributed by atoms with E-state index in [2.05, 4.69) is 10.3 Å². The van der Waals surface area contributed by atoms with E-state index in [-0.39, 0.29) is 28.2 Å². The SMILES string of the molecule is CCS(=O)(=O)N1CC(CNc2ncc(Cl)cc2[N+](=O)[O-])C1. The number of halogens is 1. The fourth-order valence-electron chi connectivity index (χ4n) is 2.01. The van der Waals surface area contributed by atoms with Gasteiger partial charge in [-0.25, -0.2) is 17.7 Å². The molecule has 0 unspecified atom stereocenters. The van der Waals surface area contributed by atoms with Crippen LogP contribution < -0.4 is 5.32 Å². The van der Waals surface area contributed by atoms with Crippen molar-refractivity contribution in [3.8, 4) is 0 Å². The van der Waals surface area contributed by atoms with Gasteiger partial charge in [-0.3, -0.25) is 10.1 Å². The van der Waals surface area contributed by atoms with E-state index in [0.717, 1.165) is 0 Å². The molecule has 1 N–H and O–H groups in total. The summed E-state index contributed by atoms with van der Waals surface area (Å²) in [6.45, 7) is 2.86. The van der Waals surface area contributed by atoms with Gasteiger partial charge in [0.2, 0.25) is 15.8 Å². The van der Waals surface area contributed by atoms with E-state index in [1.165, 1.54) is 16.6 Å². The maximum Gasteiger partial charge on any atom is 0.312 e. The van der Waals surface area contributed by atoms with Crippen LogP contribution in [-0.4, -0.2) is 48.0 Å². The molecule has 0 aromatic carbocycles. The minimum absolute atomic E-state index is 0.0807. The summed E-state index contributed by atoms with van der Waals surface area (Å²) < 4.78 is 24.5. The summed E-state index contributed by atoms with van der Waals surface area (Å²) in [6.07, 6.45) is 1.32. The molecule has 10 heteroatoms. The van der Waals surface area contributed by atoms with Crippen molar-refractivity contribution in [3.63, 3.8) is 0 Å². The topological polar surface area (TPSA) is 105 Å². The Morgan fingerprint density at radius 1 is 1.57 bits per heavy atom. The zero-order valence-corrected chi connectivity index (χ0v) is 12.9. The standard InChI is InChI=1S/C11H15ClN4O4S/c1-2-21(19,20)15-6-8(7-15)4-13-11-10(16(17)18)3-9(12)5-14-11/h3,5,8H,2,4,6-7H2,1H3,(H,13,14). The van der Waals surface area contributed by atoms with Gasteiger partial charge >= 0.3 is 5.69 Å². The smallest absolute Gasteiger partial charge is 0.312 e. The molecule has 0 aliphatic carbocycles. The molecule has 0 spiro atoms. The summed E-state index contributed by atoms with van der Waals surface area (Å²) in [5.74, 6) is 0.335. The third kappa shape index (κ3) is 3.60. The Hall–Kier alpha value is -1.45. The van der Waals surface area contributed by atoms with Crippen LogP contribution >= 0.6 is 11.6 Å². The van der Waals surface area contributed by atoms with Crippen molar-refractivity contribution in [2.24, 2.45) is 5.92 Å². The fraction of sp³-hybridized carbons (Fsp3) is 0.545. The molecule has 8 nitrogen and oxygen atoms in total. The average Bonchev–Trinajstić information content (AvgIpc) is 2.37. The van der Waals surface area contributed by atoms with Gasteiger partial charge < -0.3 is 5.32 Å². The molecule has 0 atom stereocenters. The summed E-state index contributed by atoms with van der Waals surface area (Å²) in [7, 11) is -3.14. The molecule has 1 saturated heterocycles. The van der Waals surface area contributed by atoms with Crippen molar-refractivity contribution in [1.29, 1.82) is 0 Å². The molecule has 1 fully saturated rings.